The van der Waals surface area contributed by atoms with Crippen molar-refractivity contribution in [2.24, 2.45) is 0 Å². The average Bonchev–Trinajstić information content (AvgIpc) is 2.64. The van der Waals surface area contributed by atoms with Crippen molar-refractivity contribution in [2.75, 3.05) is 31.1 Å². The van der Waals surface area contributed by atoms with Gasteiger partial charge in [0.25, 0.3) is 5.91 Å². The third kappa shape index (κ3) is 4.16. The lowest BCUT2D eigenvalue weighted by molar-refractivity contribution is -0.137. The summed E-state index contributed by atoms with van der Waals surface area (Å²) in [6.45, 7) is 1.03. The molecule has 2 aromatic rings. The van der Waals surface area contributed by atoms with Gasteiger partial charge >= 0.3 is 6.18 Å². The Morgan fingerprint density at radius 1 is 0.963 bits per heavy atom. The maximum absolute atomic E-state index is 13.4. The van der Waals surface area contributed by atoms with E-state index < -0.39 is 29.3 Å². The Hall–Kier alpha value is -2.35. The minimum absolute atomic E-state index is 0.150. The predicted octanol–water partition coefficient (Wildman–Crippen LogP) is 4.60. The number of hydrogen-bond acceptors (Lipinski definition) is 2. The van der Waals surface area contributed by atoms with E-state index >= 15 is 0 Å². The molecule has 1 aliphatic rings. The fraction of sp³-hybridized carbons (Fsp3) is 0.278. The maximum atomic E-state index is 13.4. The Morgan fingerprint density at radius 2 is 1.59 bits per heavy atom. The molecule has 3 rings (SSSR count). The molecule has 0 N–H and O–H groups in total. The van der Waals surface area contributed by atoms with Crippen molar-refractivity contribution < 1.29 is 26.7 Å². The summed E-state index contributed by atoms with van der Waals surface area (Å²) in [7, 11) is 0. The van der Waals surface area contributed by atoms with Crippen LogP contribution in [0.15, 0.2) is 36.4 Å². The lowest BCUT2D eigenvalue weighted by Gasteiger charge is -2.36. The molecule has 9 heteroatoms. The minimum atomic E-state index is -4.43. The number of nitrogens with zero attached hydrogens (tertiary/aromatic N) is 2. The Kier molecular flexibility index (Phi) is 5.28. The molecule has 1 fully saturated rings. The number of carbonyl (C=O) groups is 1. The topological polar surface area (TPSA) is 23.6 Å². The number of carbonyl (C=O) groups excluding carboxylic acids is 1. The lowest BCUT2D eigenvalue weighted by atomic mass is 10.1. The molecule has 1 aliphatic heterocycles. The highest BCUT2D eigenvalue weighted by molar-refractivity contribution is 6.33. The van der Waals surface area contributed by atoms with Crippen molar-refractivity contribution in [2.45, 2.75) is 6.18 Å². The van der Waals surface area contributed by atoms with E-state index in [2.05, 4.69) is 0 Å². The smallest absolute Gasteiger partial charge is 0.368 e. The van der Waals surface area contributed by atoms with Gasteiger partial charge in [-0.2, -0.15) is 13.2 Å². The first-order valence-electron chi connectivity index (χ1n) is 8.03. The van der Waals surface area contributed by atoms with Crippen molar-refractivity contribution in [3.05, 3.63) is 64.2 Å². The molecule has 0 radical (unpaired) electrons. The molecule has 0 saturated carbocycles. The maximum Gasteiger partial charge on any atom is 0.416 e. The van der Waals surface area contributed by atoms with Crippen molar-refractivity contribution >= 4 is 23.2 Å². The molecule has 0 bridgehead atoms. The van der Waals surface area contributed by atoms with Crippen LogP contribution < -0.4 is 4.90 Å². The molecule has 0 atom stereocenters. The molecule has 1 saturated heterocycles. The van der Waals surface area contributed by atoms with E-state index in [9.17, 15) is 26.7 Å². The quantitative estimate of drug-likeness (QED) is 0.539. The summed E-state index contributed by atoms with van der Waals surface area (Å²) in [6.07, 6.45) is -4.43. The van der Waals surface area contributed by atoms with Crippen LogP contribution in [0.25, 0.3) is 0 Å². The first kappa shape index (κ1) is 19.4. The number of benzene rings is 2. The monoisotopic (exact) mass is 404 g/mol. The molecule has 0 aliphatic carbocycles. The summed E-state index contributed by atoms with van der Waals surface area (Å²) in [5.41, 5.74) is -0.488. The molecule has 0 unspecified atom stereocenters. The molecule has 0 spiro atoms. The largest absolute Gasteiger partial charge is 0.416 e. The highest BCUT2D eigenvalue weighted by Gasteiger charge is 2.31. The Balaban J connectivity index is 1.71. The van der Waals surface area contributed by atoms with Crippen LogP contribution in [0.1, 0.15) is 15.9 Å². The van der Waals surface area contributed by atoms with Crippen molar-refractivity contribution in [1.82, 2.24) is 4.90 Å². The molecule has 27 heavy (non-hydrogen) atoms. The number of piperazine rings is 1. The van der Waals surface area contributed by atoms with Crippen molar-refractivity contribution in [3.8, 4) is 0 Å². The summed E-state index contributed by atoms with van der Waals surface area (Å²) in [5, 5.41) is -0.195. The van der Waals surface area contributed by atoms with E-state index in [1.54, 1.807) is 11.0 Å². The molecule has 2 aromatic carbocycles. The first-order chi connectivity index (χ1) is 12.7. The summed E-state index contributed by atoms with van der Waals surface area (Å²) in [5.74, 6) is -2.88. The van der Waals surface area contributed by atoms with Gasteiger partial charge in [0.1, 0.15) is 0 Å². The van der Waals surface area contributed by atoms with Gasteiger partial charge in [0.05, 0.1) is 16.1 Å². The first-order valence-corrected chi connectivity index (χ1v) is 8.40. The lowest BCUT2D eigenvalue weighted by Crippen LogP contribution is -2.49. The van der Waals surface area contributed by atoms with Crippen LogP contribution in [0.3, 0.4) is 0 Å². The second kappa shape index (κ2) is 7.34. The molecular formula is C18H14ClF5N2O. The number of rotatable bonds is 2. The fourth-order valence-corrected chi connectivity index (χ4v) is 3.13. The van der Waals surface area contributed by atoms with Crippen LogP contribution in [0.2, 0.25) is 5.02 Å². The molecule has 1 heterocycles. The second-order valence-electron chi connectivity index (χ2n) is 6.07. The van der Waals surface area contributed by atoms with Crippen LogP contribution in [0, 0.1) is 11.6 Å². The summed E-state index contributed by atoms with van der Waals surface area (Å²) in [4.78, 5) is 15.6. The molecule has 3 nitrogen and oxygen atoms in total. The average molecular weight is 405 g/mol. The van der Waals surface area contributed by atoms with E-state index in [0.717, 1.165) is 24.3 Å². The molecule has 1 amide bonds. The highest BCUT2D eigenvalue weighted by atomic mass is 35.5. The zero-order valence-corrected chi connectivity index (χ0v) is 14.6. The van der Waals surface area contributed by atoms with Gasteiger partial charge in [-0.15, -0.1) is 0 Å². The van der Waals surface area contributed by atoms with Crippen LogP contribution >= 0.6 is 11.6 Å². The SMILES string of the molecule is O=C(c1cc(F)c(F)cc1Cl)N1CCN(c2cccc(C(F)(F)F)c2)CC1. The van der Waals surface area contributed by atoms with Gasteiger partial charge in [0, 0.05) is 31.9 Å². The van der Waals surface area contributed by atoms with E-state index in [4.69, 9.17) is 11.6 Å². The van der Waals surface area contributed by atoms with E-state index in [-0.39, 0.29) is 23.7 Å². The van der Waals surface area contributed by atoms with E-state index in [1.807, 2.05) is 0 Å². The number of hydrogen-bond donors (Lipinski definition) is 0. The van der Waals surface area contributed by atoms with Gasteiger partial charge in [-0.1, -0.05) is 17.7 Å². The number of halogens is 6. The van der Waals surface area contributed by atoms with Gasteiger partial charge in [0.15, 0.2) is 11.6 Å². The van der Waals surface area contributed by atoms with Crippen molar-refractivity contribution in [1.29, 1.82) is 0 Å². The number of alkyl halides is 3. The number of anilines is 1. The summed E-state index contributed by atoms with van der Waals surface area (Å²) < 4.78 is 65.1. The zero-order valence-electron chi connectivity index (χ0n) is 13.9. The Morgan fingerprint density at radius 3 is 2.22 bits per heavy atom. The van der Waals surface area contributed by atoms with Crippen LogP contribution in [-0.4, -0.2) is 37.0 Å². The van der Waals surface area contributed by atoms with Crippen molar-refractivity contribution in [3.63, 3.8) is 0 Å². The third-order valence-corrected chi connectivity index (χ3v) is 4.66. The van der Waals surface area contributed by atoms with E-state index in [0.29, 0.717) is 18.8 Å². The Labute approximate surface area is 156 Å². The highest BCUT2D eigenvalue weighted by Crippen LogP contribution is 2.32. The minimum Gasteiger partial charge on any atom is -0.368 e. The zero-order chi connectivity index (χ0) is 19.8. The normalized spacial score (nSPS) is 15.2. The second-order valence-corrected chi connectivity index (χ2v) is 6.48. The standard InChI is InChI=1S/C18H14ClF5N2O/c19-14-10-16(21)15(20)9-13(14)17(27)26-6-4-25(5-7-26)12-3-1-2-11(8-12)18(22,23)24/h1-3,8-10H,4-7H2. The molecule has 144 valence electrons. The van der Waals surface area contributed by atoms with Gasteiger partial charge in [0.2, 0.25) is 0 Å². The van der Waals surface area contributed by atoms with Crippen LogP contribution in [0.5, 0.6) is 0 Å². The van der Waals surface area contributed by atoms with Crippen LogP contribution in [-0.2, 0) is 6.18 Å². The Bertz CT molecular complexity index is 863. The summed E-state index contributed by atoms with van der Waals surface area (Å²) >= 11 is 5.83. The molecular weight excluding hydrogens is 391 g/mol. The summed E-state index contributed by atoms with van der Waals surface area (Å²) in [6, 6.07) is 6.44. The van der Waals surface area contributed by atoms with Gasteiger partial charge in [-0.25, -0.2) is 8.78 Å². The molecule has 0 aromatic heterocycles. The van der Waals surface area contributed by atoms with E-state index in [1.165, 1.54) is 11.0 Å². The number of amides is 1. The third-order valence-electron chi connectivity index (χ3n) is 4.35. The van der Waals surface area contributed by atoms with Gasteiger partial charge in [-0.05, 0) is 30.3 Å². The fourth-order valence-electron chi connectivity index (χ4n) is 2.90. The van der Waals surface area contributed by atoms with Crippen LogP contribution in [0.4, 0.5) is 27.6 Å². The van der Waals surface area contributed by atoms with Gasteiger partial charge < -0.3 is 9.80 Å². The predicted molar refractivity (Wildman–Crippen MR) is 90.9 cm³/mol. The van der Waals surface area contributed by atoms with Gasteiger partial charge in [-0.3, -0.25) is 4.79 Å².